The van der Waals surface area contributed by atoms with Crippen LogP contribution in [0, 0.1) is 10.1 Å². The average molecular weight is 374 g/mol. The van der Waals surface area contributed by atoms with Gasteiger partial charge >= 0.3 is 0 Å². The van der Waals surface area contributed by atoms with Crippen molar-refractivity contribution in [3.8, 4) is 11.4 Å². The zero-order chi connectivity index (χ0) is 15.8. The number of nitro benzene ring substituents is 1. The molecule has 0 saturated carbocycles. The Balaban J connectivity index is 2.68. The normalized spacial score (nSPS) is 11.7. The van der Waals surface area contributed by atoms with Crippen molar-refractivity contribution >= 4 is 33.2 Å². The summed E-state index contributed by atoms with van der Waals surface area (Å²) in [4.78, 5) is 10.6. The second-order valence-corrected chi connectivity index (χ2v) is 6.72. The first-order chi connectivity index (χ1) is 9.74. The molecule has 2 rings (SSSR count). The minimum atomic E-state index is -0.436. The van der Waals surface area contributed by atoms with Crippen LogP contribution in [0.4, 0.5) is 5.69 Å². The molecular weight excluding hydrogens is 360 g/mol. The van der Waals surface area contributed by atoms with Crippen LogP contribution in [-0.4, -0.2) is 19.7 Å². The maximum absolute atomic E-state index is 11.0. The highest BCUT2D eigenvalue weighted by Gasteiger charge is 2.24. The van der Waals surface area contributed by atoms with Crippen molar-refractivity contribution in [1.82, 2.24) is 14.8 Å². The fourth-order valence-electron chi connectivity index (χ4n) is 2.10. The van der Waals surface area contributed by atoms with Crippen molar-refractivity contribution in [1.29, 1.82) is 0 Å². The van der Waals surface area contributed by atoms with Gasteiger partial charge in [0.1, 0.15) is 5.82 Å². The van der Waals surface area contributed by atoms with Crippen LogP contribution < -0.4 is 0 Å². The molecule has 2 aromatic rings. The van der Waals surface area contributed by atoms with Crippen molar-refractivity contribution in [2.24, 2.45) is 0 Å². The standard InChI is InChI=1S/C13H14BrClN4O2/c1-13(2,3)18-11(7-15)16-17-12(18)8-4-9(14)6-10(5-8)19(20)21/h4-6H,7H2,1-3H3. The first-order valence-electron chi connectivity index (χ1n) is 6.20. The molecule has 0 aliphatic rings. The number of rotatable bonds is 3. The van der Waals surface area contributed by atoms with E-state index in [4.69, 9.17) is 11.6 Å². The zero-order valence-electron chi connectivity index (χ0n) is 11.8. The molecule has 0 bridgehead atoms. The van der Waals surface area contributed by atoms with Gasteiger partial charge in [-0.15, -0.1) is 21.8 Å². The van der Waals surface area contributed by atoms with Crippen molar-refractivity contribution < 1.29 is 4.92 Å². The van der Waals surface area contributed by atoms with Crippen LogP contribution in [0.3, 0.4) is 0 Å². The van der Waals surface area contributed by atoms with E-state index in [9.17, 15) is 10.1 Å². The van der Waals surface area contributed by atoms with Crippen LogP contribution in [-0.2, 0) is 11.4 Å². The Morgan fingerprint density at radius 2 is 2.00 bits per heavy atom. The lowest BCUT2D eigenvalue weighted by Gasteiger charge is -2.24. The maximum Gasteiger partial charge on any atom is 0.271 e. The molecule has 0 spiro atoms. The highest BCUT2D eigenvalue weighted by Crippen LogP contribution is 2.31. The van der Waals surface area contributed by atoms with E-state index >= 15 is 0 Å². The summed E-state index contributed by atoms with van der Waals surface area (Å²) < 4.78 is 2.51. The number of alkyl halides is 1. The van der Waals surface area contributed by atoms with E-state index in [1.165, 1.54) is 12.1 Å². The lowest BCUT2D eigenvalue weighted by atomic mass is 10.1. The van der Waals surface area contributed by atoms with Gasteiger partial charge < -0.3 is 4.57 Å². The van der Waals surface area contributed by atoms with Gasteiger partial charge in [0, 0.05) is 27.7 Å². The summed E-state index contributed by atoms with van der Waals surface area (Å²) in [5.74, 6) is 1.41. The second-order valence-electron chi connectivity index (χ2n) is 5.53. The fraction of sp³-hybridized carbons (Fsp3) is 0.385. The van der Waals surface area contributed by atoms with Gasteiger partial charge in [-0.25, -0.2) is 0 Å². The van der Waals surface area contributed by atoms with Crippen LogP contribution >= 0.6 is 27.5 Å². The molecule has 0 saturated heterocycles. The first kappa shape index (κ1) is 15.9. The van der Waals surface area contributed by atoms with Gasteiger partial charge in [0.05, 0.1) is 10.8 Å². The summed E-state index contributed by atoms with van der Waals surface area (Å²) in [7, 11) is 0. The molecule has 8 heteroatoms. The predicted molar refractivity (Wildman–Crippen MR) is 84.4 cm³/mol. The van der Waals surface area contributed by atoms with Gasteiger partial charge in [0.2, 0.25) is 0 Å². The molecule has 1 heterocycles. The zero-order valence-corrected chi connectivity index (χ0v) is 14.1. The smallest absolute Gasteiger partial charge is 0.271 e. The molecule has 0 unspecified atom stereocenters. The molecule has 21 heavy (non-hydrogen) atoms. The molecule has 0 aliphatic carbocycles. The topological polar surface area (TPSA) is 73.8 Å². The summed E-state index contributed by atoms with van der Waals surface area (Å²) in [5, 5.41) is 19.2. The molecule has 0 amide bonds. The summed E-state index contributed by atoms with van der Waals surface area (Å²) in [6.07, 6.45) is 0. The molecule has 6 nitrogen and oxygen atoms in total. The monoisotopic (exact) mass is 372 g/mol. The molecule has 112 valence electrons. The van der Waals surface area contributed by atoms with Gasteiger partial charge in [-0.1, -0.05) is 15.9 Å². The van der Waals surface area contributed by atoms with Crippen LogP contribution in [0.25, 0.3) is 11.4 Å². The van der Waals surface area contributed by atoms with E-state index in [2.05, 4.69) is 26.1 Å². The molecular formula is C13H14BrClN4O2. The Labute approximate surface area is 135 Å². The highest BCUT2D eigenvalue weighted by molar-refractivity contribution is 9.10. The number of aromatic nitrogens is 3. The number of non-ortho nitro benzene ring substituents is 1. The van der Waals surface area contributed by atoms with E-state index in [0.717, 1.165) is 0 Å². The Kier molecular flexibility index (Phi) is 4.34. The largest absolute Gasteiger partial charge is 0.305 e. The Morgan fingerprint density at radius 1 is 1.33 bits per heavy atom. The van der Waals surface area contributed by atoms with Gasteiger partial charge in [0.15, 0.2) is 5.82 Å². The third-order valence-electron chi connectivity index (χ3n) is 2.87. The quantitative estimate of drug-likeness (QED) is 0.461. The Morgan fingerprint density at radius 3 is 2.52 bits per heavy atom. The SMILES string of the molecule is CC(C)(C)n1c(CCl)nnc1-c1cc(Br)cc([N+](=O)[O-])c1. The molecule has 1 aromatic heterocycles. The van der Waals surface area contributed by atoms with Crippen molar-refractivity contribution in [2.45, 2.75) is 32.2 Å². The van der Waals surface area contributed by atoms with E-state index < -0.39 is 4.92 Å². The van der Waals surface area contributed by atoms with Crippen LogP contribution in [0.1, 0.15) is 26.6 Å². The summed E-state index contributed by atoms with van der Waals surface area (Å²) in [5.41, 5.74) is 0.324. The van der Waals surface area contributed by atoms with Gasteiger partial charge in [-0.3, -0.25) is 10.1 Å². The third kappa shape index (κ3) is 3.24. The van der Waals surface area contributed by atoms with Crippen molar-refractivity contribution in [2.75, 3.05) is 0 Å². The summed E-state index contributed by atoms with van der Waals surface area (Å²) in [6, 6.07) is 4.70. The maximum atomic E-state index is 11.0. The molecule has 0 N–H and O–H groups in total. The number of nitrogens with zero attached hydrogens (tertiary/aromatic N) is 4. The van der Waals surface area contributed by atoms with Gasteiger partial charge in [0.25, 0.3) is 5.69 Å². The van der Waals surface area contributed by atoms with Crippen LogP contribution in [0.5, 0.6) is 0 Å². The molecule has 0 radical (unpaired) electrons. The van der Waals surface area contributed by atoms with Gasteiger partial charge in [-0.2, -0.15) is 0 Å². The van der Waals surface area contributed by atoms with E-state index in [-0.39, 0.29) is 17.1 Å². The molecule has 1 aromatic carbocycles. The Bertz CT molecular complexity index is 694. The van der Waals surface area contributed by atoms with E-state index in [1.807, 2.05) is 25.3 Å². The molecule has 0 atom stereocenters. The molecule has 0 fully saturated rings. The van der Waals surface area contributed by atoms with Crippen molar-refractivity contribution in [3.05, 3.63) is 38.6 Å². The van der Waals surface area contributed by atoms with Gasteiger partial charge in [-0.05, 0) is 26.8 Å². The second kappa shape index (κ2) is 5.73. The number of hydrogen-bond donors (Lipinski definition) is 0. The minimum Gasteiger partial charge on any atom is -0.305 e. The highest BCUT2D eigenvalue weighted by atomic mass is 79.9. The molecule has 0 aliphatic heterocycles. The first-order valence-corrected chi connectivity index (χ1v) is 7.53. The predicted octanol–water partition coefficient (Wildman–Crippen LogP) is 4.11. The van der Waals surface area contributed by atoms with Crippen molar-refractivity contribution in [3.63, 3.8) is 0 Å². The lowest BCUT2D eigenvalue weighted by Crippen LogP contribution is -2.24. The minimum absolute atomic E-state index is 0.00439. The fourth-order valence-corrected chi connectivity index (χ4v) is 2.76. The summed E-state index contributed by atoms with van der Waals surface area (Å²) in [6.45, 7) is 6.01. The van der Waals surface area contributed by atoms with Crippen LogP contribution in [0.15, 0.2) is 22.7 Å². The summed E-state index contributed by atoms with van der Waals surface area (Å²) >= 11 is 9.20. The number of halogens is 2. The Hall–Kier alpha value is -1.47. The third-order valence-corrected chi connectivity index (χ3v) is 3.57. The number of nitro groups is 1. The van der Waals surface area contributed by atoms with E-state index in [0.29, 0.717) is 21.7 Å². The number of hydrogen-bond acceptors (Lipinski definition) is 4. The van der Waals surface area contributed by atoms with E-state index in [1.54, 1.807) is 6.07 Å². The average Bonchev–Trinajstić information content (AvgIpc) is 2.81. The van der Waals surface area contributed by atoms with Crippen LogP contribution in [0.2, 0.25) is 0 Å². The number of benzene rings is 1. The lowest BCUT2D eigenvalue weighted by molar-refractivity contribution is -0.384.